The molecule has 0 aliphatic rings. The van der Waals surface area contributed by atoms with Gasteiger partial charge in [0.2, 0.25) is 0 Å². The minimum absolute atomic E-state index is 0.187. The Morgan fingerprint density at radius 2 is 1.88 bits per heavy atom. The molecule has 0 spiro atoms. The number of amides is 1. The van der Waals surface area contributed by atoms with Gasteiger partial charge in [0.15, 0.2) is 0 Å². The van der Waals surface area contributed by atoms with Crippen LogP contribution in [0.5, 0.6) is 5.75 Å². The van der Waals surface area contributed by atoms with Crippen LogP contribution < -0.4 is 10.1 Å². The molecule has 0 fully saturated rings. The summed E-state index contributed by atoms with van der Waals surface area (Å²) in [5.41, 5.74) is 2.51. The summed E-state index contributed by atoms with van der Waals surface area (Å²) in [4.78, 5) is 17.3. The van der Waals surface area contributed by atoms with E-state index in [9.17, 15) is 4.79 Å². The lowest BCUT2D eigenvalue weighted by molar-refractivity contribution is 0.0941. The highest BCUT2D eigenvalue weighted by Gasteiger charge is 2.14. The molecule has 0 radical (unpaired) electrons. The van der Waals surface area contributed by atoms with Crippen LogP contribution in [-0.4, -0.2) is 35.8 Å². The van der Waals surface area contributed by atoms with Crippen molar-refractivity contribution in [1.82, 2.24) is 14.9 Å². The summed E-state index contributed by atoms with van der Waals surface area (Å²) in [7, 11) is 1.61. The molecule has 6 nitrogen and oxygen atoms in total. The monoisotopic (exact) mass is 353 g/mol. The number of carbonyl (C=O) groups is 1. The Kier molecular flexibility index (Phi) is 5.86. The number of aryl methyl sites for hydroxylation is 1. The highest BCUT2D eigenvalue weighted by atomic mass is 16.5. The fourth-order valence-electron chi connectivity index (χ4n) is 2.88. The molecule has 1 heterocycles. The lowest BCUT2D eigenvalue weighted by Crippen LogP contribution is -2.25. The van der Waals surface area contributed by atoms with Crippen LogP contribution in [0.15, 0.2) is 48.5 Å². The molecule has 1 amide bonds. The normalized spacial score (nSPS) is 10.8. The smallest absolute Gasteiger partial charge is 0.255 e. The third-order valence-corrected chi connectivity index (χ3v) is 4.13. The molecule has 0 bridgehead atoms. The first-order valence-electron chi connectivity index (χ1n) is 8.67. The number of carbonyl (C=O) groups excluding carboxylic acids is 1. The second-order valence-electron chi connectivity index (χ2n) is 5.78. The van der Waals surface area contributed by atoms with Crippen LogP contribution in [0.2, 0.25) is 0 Å². The zero-order chi connectivity index (χ0) is 18.4. The number of fused-ring (bicyclic) bond motifs is 1. The van der Waals surface area contributed by atoms with Gasteiger partial charge in [-0.25, -0.2) is 4.98 Å². The number of benzene rings is 2. The SMILES string of the molecule is CCn1c(CNC(=O)c2ccccc2OCCOC)nc2ccccc21. The summed E-state index contributed by atoms with van der Waals surface area (Å²) in [6, 6.07) is 15.2. The molecule has 0 unspecified atom stereocenters. The van der Waals surface area contributed by atoms with E-state index in [1.807, 2.05) is 36.4 Å². The molecule has 1 N–H and O–H groups in total. The Morgan fingerprint density at radius 1 is 1.12 bits per heavy atom. The molecular formula is C20H23N3O3. The van der Waals surface area contributed by atoms with E-state index in [-0.39, 0.29) is 5.91 Å². The van der Waals surface area contributed by atoms with Crippen LogP contribution in [0.3, 0.4) is 0 Å². The highest BCUT2D eigenvalue weighted by Crippen LogP contribution is 2.19. The average Bonchev–Trinajstić information content (AvgIpc) is 3.04. The fraction of sp³-hybridized carbons (Fsp3) is 0.300. The summed E-state index contributed by atoms with van der Waals surface area (Å²) >= 11 is 0. The zero-order valence-electron chi connectivity index (χ0n) is 15.1. The van der Waals surface area contributed by atoms with Crippen LogP contribution in [0.1, 0.15) is 23.1 Å². The number of nitrogens with one attached hydrogen (secondary N) is 1. The van der Waals surface area contributed by atoms with Crippen LogP contribution >= 0.6 is 0 Å². The van der Waals surface area contributed by atoms with Crippen molar-refractivity contribution in [3.05, 3.63) is 59.9 Å². The first-order valence-corrected chi connectivity index (χ1v) is 8.67. The van der Waals surface area contributed by atoms with E-state index in [2.05, 4.69) is 21.8 Å². The number of rotatable bonds is 8. The summed E-state index contributed by atoms with van der Waals surface area (Å²) in [5, 5.41) is 2.95. The number of ether oxygens (including phenoxy) is 2. The van der Waals surface area contributed by atoms with Crippen molar-refractivity contribution in [2.75, 3.05) is 20.3 Å². The van der Waals surface area contributed by atoms with Gasteiger partial charge in [-0.15, -0.1) is 0 Å². The predicted molar refractivity (Wildman–Crippen MR) is 100 cm³/mol. The molecule has 26 heavy (non-hydrogen) atoms. The summed E-state index contributed by atoms with van der Waals surface area (Å²) in [5.74, 6) is 1.19. The lowest BCUT2D eigenvalue weighted by Gasteiger charge is -2.12. The van der Waals surface area contributed by atoms with Gasteiger partial charge >= 0.3 is 0 Å². The largest absolute Gasteiger partial charge is 0.490 e. The van der Waals surface area contributed by atoms with Crippen LogP contribution in [0, 0.1) is 0 Å². The maximum absolute atomic E-state index is 12.6. The van der Waals surface area contributed by atoms with Crippen molar-refractivity contribution in [3.63, 3.8) is 0 Å². The van der Waals surface area contributed by atoms with Crippen molar-refractivity contribution < 1.29 is 14.3 Å². The van der Waals surface area contributed by atoms with Crippen molar-refractivity contribution >= 4 is 16.9 Å². The number of imidazole rings is 1. The number of aromatic nitrogens is 2. The number of nitrogens with zero attached hydrogens (tertiary/aromatic N) is 2. The number of methoxy groups -OCH3 is 1. The van der Waals surface area contributed by atoms with Crippen molar-refractivity contribution in [1.29, 1.82) is 0 Å². The van der Waals surface area contributed by atoms with Crippen LogP contribution in [0.4, 0.5) is 0 Å². The second-order valence-corrected chi connectivity index (χ2v) is 5.78. The molecule has 3 rings (SSSR count). The fourth-order valence-corrected chi connectivity index (χ4v) is 2.88. The van der Waals surface area contributed by atoms with Gasteiger partial charge < -0.3 is 19.4 Å². The quantitative estimate of drug-likeness (QED) is 0.632. The van der Waals surface area contributed by atoms with Gasteiger partial charge in [0.05, 0.1) is 29.7 Å². The standard InChI is InChI=1S/C20H23N3O3/c1-3-23-17-10-6-5-9-16(17)22-19(23)14-21-20(24)15-8-4-7-11-18(15)26-13-12-25-2/h4-11H,3,12-14H2,1-2H3,(H,21,24). The van der Waals surface area contributed by atoms with Crippen molar-refractivity contribution in [3.8, 4) is 5.75 Å². The predicted octanol–water partition coefficient (Wildman–Crippen LogP) is 3.01. The molecule has 0 atom stereocenters. The number of hydrogen-bond acceptors (Lipinski definition) is 4. The summed E-state index contributed by atoms with van der Waals surface area (Å²) in [6.45, 7) is 4.08. The molecular weight excluding hydrogens is 330 g/mol. The topological polar surface area (TPSA) is 65.4 Å². The first-order chi connectivity index (χ1) is 12.7. The summed E-state index contributed by atoms with van der Waals surface area (Å²) in [6.07, 6.45) is 0. The molecule has 0 aliphatic heterocycles. The van der Waals surface area contributed by atoms with E-state index < -0.39 is 0 Å². The van der Waals surface area contributed by atoms with Gasteiger partial charge in [0.25, 0.3) is 5.91 Å². The maximum atomic E-state index is 12.6. The van der Waals surface area contributed by atoms with Gasteiger partial charge in [0.1, 0.15) is 18.2 Å². The van der Waals surface area contributed by atoms with E-state index in [0.29, 0.717) is 31.1 Å². The highest BCUT2D eigenvalue weighted by molar-refractivity contribution is 5.96. The van der Waals surface area contributed by atoms with Crippen LogP contribution in [0.25, 0.3) is 11.0 Å². The van der Waals surface area contributed by atoms with E-state index in [1.54, 1.807) is 19.2 Å². The summed E-state index contributed by atoms with van der Waals surface area (Å²) < 4.78 is 12.7. The Balaban J connectivity index is 1.73. The van der Waals surface area contributed by atoms with Crippen molar-refractivity contribution in [2.45, 2.75) is 20.0 Å². The van der Waals surface area contributed by atoms with E-state index in [0.717, 1.165) is 23.4 Å². The molecule has 3 aromatic rings. The van der Waals surface area contributed by atoms with Gasteiger partial charge in [-0.1, -0.05) is 24.3 Å². The molecule has 0 saturated carbocycles. The van der Waals surface area contributed by atoms with E-state index in [4.69, 9.17) is 9.47 Å². The minimum Gasteiger partial charge on any atom is -0.490 e. The van der Waals surface area contributed by atoms with Gasteiger partial charge in [-0.05, 0) is 31.2 Å². The third kappa shape index (κ3) is 3.86. The lowest BCUT2D eigenvalue weighted by atomic mass is 10.2. The minimum atomic E-state index is -0.187. The Morgan fingerprint density at radius 3 is 2.69 bits per heavy atom. The van der Waals surface area contributed by atoms with Gasteiger partial charge in [-0.2, -0.15) is 0 Å². The van der Waals surface area contributed by atoms with E-state index in [1.165, 1.54) is 0 Å². The molecule has 1 aromatic heterocycles. The molecule has 0 aliphatic carbocycles. The van der Waals surface area contributed by atoms with Gasteiger partial charge in [-0.3, -0.25) is 4.79 Å². The number of hydrogen-bond donors (Lipinski definition) is 1. The zero-order valence-corrected chi connectivity index (χ0v) is 15.1. The first kappa shape index (κ1) is 17.9. The Hall–Kier alpha value is -2.86. The van der Waals surface area contributed by atoms with Crippen LogP contribution in [-0.2, 0) is 17.8 Å². The Labute approximate surface area is 152 Å². The second kappa shape index (κ2) is 8.49. The van der Waals surface area contributed by atoms with Crippen molar-refractivity contribution in [2.24, 2.45) is 0 Å². The van der Waals surface area contributed by atoms with Gasteiger partial charge in [0, 0.05) is 13.7 Å². The maximum Gasteiger partial charge on any atom is 0.255 e. The molecule has 136 valence electrons. The number of para-hydroxylation sites is 3. The third-order valence-electron chi connectivity index (χ3n) is 4.13. The molecule has 6 heteroatoms. The molecule has 0 saturated heterocycles. The Bertz CT molecular complexity index is 889. The average molecular weight is 353 g/mol. The van der Waals surface area contributed by atoms with E-state index >= 15 is 0 Å². The molecule has 2 aromatic carbocycles.